The Morgan fingerprint density at radius 2 is 2.40 bits per heavy atom. The fourth-order valence-electron chi connectivity index (χ4n) is 1.98. The van der Waals surface area contributed by atoms with E-state index in [9.17, 15) is 9.90 Å². The zero-order valence-electron chi connectivity index (χ0n) is 8.80. The summed E-state index contributed by atoms with van der Waals surface area (Å²) in [6.07, 6.45) is 3.86. The standard InChI is InChI=1S/C10H14N2O3/c1-12-6-11-5-7(12)10(3-4-10)8(13)9(14)15-2/h5-6,8,13H,3-4H2,1-2H3. The van der Waals surface area contributed by atoms with Crippen molar-refractivity contribution in [3.8, 4) is 0 Å². The van der Waals surface area contributed by atoms with E-state index in [1.54, 1.807) is 12.5 Å². The Morgan fingerprint density at radius 3 is 2.80 bits per heavy atom. The maximum absolute atomic E-state index is 11.3. The summed E-state index contributed by atoms with van der Waals surface area (Å²) >= 11 is 0. The highest BCUT2D eigenvalue weighted by Gasteiger charge is 2.55. The Labute approximate surface area is 87.7 Å². The number of aromatic nitrogens is 2. The summed E-state index contributed by atoms with van der Waals surface area (Å²) in [5, 5.41) is 9.89. The molecule has 1 unspecified atom stereocenters. The second kappa shape index (κ2) is 3.34. The van der Waals surface area contributed by atoms with Gasteiger partial charge in [-0.15, -0.1) is 0 Å². The Bertz CT molecular complexity index is 382. The van der Waals surface area contributed by atoms with Gasteiger partial charge in [-0.1, -0.05) is 0 Å². The first kappa shape index (κ1) is 10.2. The van der Waals surface area contributed by atoms with E-state index in [2.05, 4.69) is 9.72 Å². The average Bonchev–Trinajstić information content (AvgIpc) is 2.94. The predicted molar refractivity (Wildman–Crippen MR) is 52.1 cm³/mol. The Kier molecular flexibility index (Phi) is 2.26. The van der Waals surface area contributed by atoms with E-state index in [4.69, 9.17) is 0 Å². The van der Waals surface area contributed by atoms with Gasteiger partial charge in [-0.05, 0) is 12.8 Å². The Morgan fingerprint density at radius 1 is 1.73 bits per heavy atom. The van der Waals surface area contributed by atoms with Crippen molar-refractivity contribution in [3.05, 3.63) is 18.2 Å². The number of carbonyl (C=O) groups excluding carboxylic acids is 1. The van der Waals surface area contributed by atoms with Gasteiger partial charge in [-0.3, -0.25) is 0 Å². The number of nitrogens with zero attached hydrogens (tertiary/aromatic N) is 2. The lowest BCUT2D eigenvalue weighted by molar-refractivity contribution is -0.152. The molecule has 0 aliphatic heterocycles. The van der Waals surface area contributed by atoms with Crippen LogP contribution in [0.5, 0.6) is 0 Å². The van der Waals surface area contributed by atoms with Crippen LogP contribution in [0.1, 0.15) is 18.5 Å². The first-order valence-electron chi connectivity index (χ1n) is 4.84. The van der Waals surface area contributed by atoms with E-state index in [0.717, 1.165) is 18.5 Å². The number of aryl methyl sites for hydroxylation is 1. The van der Waals surface area contributed by atoms with Crippen LogP contribution < -0.4 is 0 Å². The SMILES string of the molecule is COC(=O)C(O)C1(c2cncn2C)CC1. The van der Waals surface area contributed by atoms with Crippen molar-refractivity contribution in [3.63, 3.8) is 0 Å². The molecule has 0 aromatic carbocycles. The molecule has 1 heterocycles. The largest absolute Gasteiger partial charge is 0.467 e. The molecule has 1 aromatic rings. The fraction of sp³-hybridized carbons (Fsp3) is 0.600. The van der Waals surface area contributed by atoms with Crippen LogP contribution in [0.2, 0.25) is 0 Å². The maximum atomic E-state index is 11.3. The third-order valence-electron chi connectivity index (χ3n) is 3.06. The third kappa shape index (κ3) is 1.43. The van der Waals surface area contributed by atoms with Crippen LogP contribution in [0, 0.1) is 0 Å². The Hall–Kier alpha value is -1.36. The first-order chi connectivity index (χ1) is 7.12. The Balaban J connectivity index is 2.28. The predicted octanol–water partition coefficient (Wildman–Crippen LogP) is -0.0144. The normalized spacial score (nSPS) is 19.7. The van der Waals surface area contributed by atoms with E-state index in [1.807, 2.05) is 11.6 Å². The highest BCUT2D eigenvalue weighted by Crippen LogP contribution is 2.50. The molecule has 1 saturated carbocycles. The number of hydrogen-bond donors (Lipinski definition) is 1. The number of imidazole rings is 1. The fourth-order valence-corrected chi connectivity index (χ4v) is 1.98. The number of carbonyl (C=O) groups is 1. The van der Waals surface area contributed by atoms with Gasteiger partial charge in [0.05, 0.1) is 13.4 Å². The van der Waals surface area contributed by atoms with Crippen molar-refractivity contribution >= 4 is 5.97 Å². The molecule has 1 aliphatic rings. The second-order valence-corrected chi connectivity index (χ2v) is 3.97. The van der Waals surface area contributed by atoms with Gasteiger partial charge in [0.15, 0.2) is 6.10 Å². The molecule has 5 nitrogen and oxygen atoms in total. The molecule has 1 fully saturated rings. The van der Waals surface area contributed by atoms with Crippen LogP contribution in [-0.4, -0.2) is 33.8 Å². The molecule has 5 heteroatoms. The first-order valence-corrected chi connectivity index (χ1v) is 4.84. The molecule has 1 N–H and O–H groups in total. The number of esters is 1. The van der Waals surface area contributed by atoms with Gasteiger partial charge in [0, 0.05) is 24.4 Å². The maximum Gasteiger partial charge on any atom is 0.335 e. The van der Waals surface area contributed by atoms with Crippen LogP contribution in [0.4, 0.5) is 0 Å². The molecule has 15 heavy (non-hydrogen) atoms. The van der Waals surface area contributed by atoms with E-state index in [0.29, 0.717) is 0 Å². The second-order valence-electron chi connectivity index (χ2n) is 3.97. The molecule has 1 aromatic heterocycles. The van der Waals surface area contributed by atoms with E-state index < -0.39 is 17.5 Å². The number of methoxy groups -OCH3 is 1. The summed E-state index contributed by atoms with van der Waals surface area (Å²) in [7, 11) is 3.14. The monoisotopic (exact) mass is 210 g/mol. The lowest BCUT2D eigenvalue weighted by atomic mass is 9.95. The van der Waals surface area contributed by atoms with Gasteiger partial charge in [-0.25, -0.2) is 9.78 Å². The zero-order chi connectivity index (χ0) is 11.1. The average molecular weight is 210 g/mol. The molecule has 1 atom stereocenters. The van der Waals surface area contributed by atoms with Crippen molar-refractivity contribution in [1.29, 1.82) is 0 Å². The number of aliphatic hydroxyl groups is 1. The summed E-state index contributed by atoms with van der Waals surface area (Å²) in [6.45, 7) is 0. The zero-order valence-corrected chi connectivity index (χ0v) is 8.80. The molecular formula is C10H14N2O3. The molecular weight excluding hydrogens is 196 g/mol. The smallest absolute Gasteiger partial charge is 0.335 e. The van der Waals surface area contributed by atoms with Crippen molar-refractivity contribution < 1.29 is 14.6 Å². The topological polar surface area (TPSA) is 64.3 Å². The molecule has 82 valence electrons. The summed E-state index contributed by atoms with van der Waals surface area (Å²) in [6, 6.07) is 0. The number of ether oxygens (including phenoxy) is 1. The minimum Gasteiger partial charge on any atom is -0.467 e. The summed E-state index contributed by atoms with van der Waals surface area (Å²) in [5.41, 5.74) is 0.415. The number of rotatable bonds is 3. The number of aliphatic hydroxyl groups excluding tert-OH is 1. The van der Waals surface area contributed by atoms with Gasteiger partial charge >= 0.3 is 5.97 Å². The van der Waals surface area contributed by atoms with Crippen LogP contribution in [0.3, 0.4) is 0 Å². The highest BCUT2D eigenvalue weighted by molar-refractivity contribution is 5.77. The minimum absolute atomic E-state index is 0.474. The van der Waals surface area contributed by atoms with Crippen molar-refractivity contribution in [1.82, 2.24) is 9.55 Å². The quantitative estimate of drug-likeness (QED) is 0.712. The van der Waals surface area contributed by atoms with Gasteiger partial charge in [-0.2, -0.15) is 0 Å². The van der Waals surface area contributed by atoms with Crippen molar-refractivity contribution in [2.75, 3.05) is 7.11 Å². The molecule has 0 bridgehead atoms. The molecule has 0 amide bonds. The van der Waals surface area contributed by atoms with Crippen LogP contribution in [0.25, 0.3) is 0 Å². The molecule has 0 saturated heterocycles. The third-order valence-corrected chi connectivity index (χ3v) is 3.06. The molecule has 1 aliphatic carbocycles. The van der Waals surface area contributed by atoms with Crippen molar-refractivity contribution in [2.24, 2.45) is 7.05 Å². The number of hydrogen-bond acceptors (Lipinski definition) is 4. The van der Waals surface area contributed by atoms with E-state index in [1.165, 1.54) is 7.11 Å². The lowest BCUT2D eigenvalue weighted by Gasteiger charge is -2.20. The van der Waals surface area contributed by atoms with Gasteiger partial charge in [0.2, 0.25) is 0 Å². The van der Waals surface area contributed by atoms with Gasteiger partial charge in [0.25, 0.3) is 0 Å². The van der Waals surface area contributed by atoms with Crippen LogP contribution >= 0.6 is 0 Å². The van der Waals surface area contributed by atoms with E-state index in [-0.39, 0.29) is 0 Å². The molecule has 0 radical (unpaired) electrons. The summed E-state index contributed by atoms with van der Waals surface area (Å²) in [5.74, 6) is -0.575. The minimum atomic E-state index is -1.09. The van der Waals surface area contributed by atoms with Crippen LogP contribution in [-0.2, 0) is 22.0 Å². The lowest BCUT2D eigenvalue weighted by Crippen LogP contribution is -2.36. The van der Waals surface area contributed by atoms with Gasteiger partial charge in [0.1, 0.15) is 0 Å². The molecule has 2 rings (SSSR count). The highest BCUT2D eigenvalue weighted by atomic mass is 16.5. The van der Waals surface area contributed by atoms with Gasteiger partial charge < -0.3 is 14.4 Å². The van der Waals surface area contributed by atoms with Crippen LogP contribution in [0.15, 0.2) is 12.5 Å². The molecule has 0 spiro atoms. The summed E-state index contributed by atoms with van der Waals surface area (Å²) in [4.78, 5) is 15.3. The van der Waals surface area contributed by atoms with Crippen molar-refractivity contribution in [2.45, 2.75) is 24.4 Å². The van der Waals surface area contributed by atoms with E-state index >= 15 is 0 Å². The summed E-state index contributed by atoms with van der Waals surface area (Å²) < 4.78 is 6.39.